The highest BCUT2D eigenvalue weighted by atomic mass is 32.1. The summed E-state index contributed by atoms with van der Waals surface area (Å²) in [5.74, 6) is -2.22. The number of nitrogens with one attached hydrogen (secondary N) is 3. The van der Waals surface area contributed by atoms with Crippen molar-refractivity contribution in [1.29, 1.82) is 0 Å². The molecule has 2 unspecified atom stereocenters. The summed E-state index contributed by atoms with van der Waals surface area (Å²) < 4.78 is 37.3. The summed E-state index contributed by atoms with van der Waals surface area (Å²) in [6.45, 7) is 0.897. The van der Waals surface area contributed by atoms with Gasteiger partial charge < -0.3 is 21.1 Å². The first-order valence-corrected chi connectivity index (χ1v) is 10.8. The third-order valence-corrected chi connectivity index (χ3v) is 5.68. The molecule has 0 aromatic heterocycles. The number of amides is 2. The van der Waals surface area contributed by atoms with E-state index in [1.54, 1.807) is 19.1 Å². The second kappa shape index (κ2) is 9.88. The monoisotopic (exact) mass is 479 g/mol. The van der Waals surface area contributed by atoms with E-state index in [-0.39, 0.29) is 17.8 Å². The van der Waals surface area contributed by atoms with Crippen LogP contribution in [-0.4, -0.2) is 40.2 Å². The number of para-hydroxylation sites is 1. The van der Waals surface area contributed by atoms with Gasteiger partial charge in [-0.25, -0.2) is 0 Å². The van der Waals surface area contributed by atoms with E-state index in [0.717, 1.165) is 16.8 Å². The topological polar surface area (TPSA) is 90.5 Å². The number of carbonyl (C=O) groups excluding carboxylic acids is 2. The van der Waals surface area contributed by atoms with Crippen LogP contribution in [0, 0.1) is 0 Å². The highest BCUT2D eigenvalue weighted by Gasteiger charge is 2.45. The quantitative estimate of drug-likeness (QED) is 0.358. The fourth-order valence-corrected chi connectivity index (χ4v) is 4.01. The summed E-state index contributed by atoms with van der Waals surface area (Å²) in [5, 5.41) is 18.7. The standard InChI is InChI=1S/C23H24F3N3O3S/c1-2-11-22(32,20(30)27-13-12-23(24,25)26)21(31)29-18-16-9-4-3-7-14(16)15-8-5-6-10-17(15)28-19(18)33/h3-10,18,32H,2,11-13H2,1H3,(H,27,30)(H,28,33)(H,29,31). The normalized spacial score (nSPS) is 17.0. The van der Waals surface area contributed by atoms with Crippen molar-refractivity contribution in [2.75, 3.05) is 11.9 Å². The lowest BCUT2D eigenvalue weighted by Crippen LogP contribution is -2.58. The van der Waals surface area contributed by atoms with Gasteiger partial charge >= 0.3 is 6.18 Å². The SMILES string of the molecule is CCCC(O)(C(=O)NCCC(F)(F)F)C(=O)NC1C(=S)Nc2ccccc2-c2ccccc21. The molecule has 33 heavy (non-hydrogen) atoms. The summed E-state index contributed by atoms with van der Waals surface area (Å²) in [4.78, 5) is 25.9. The minimum atomic E-state index is -4.48. The Balaban J connectivity index is 1.88. The maximum absolute atomic E-state index is 13.1. The molecule has 4 N–H and O–H groups in total. The molecule has 1 aliphatic heterocycles. The number of carbonyl (C=O) groups is 2. The van der Waals surface area contributed by atoms with Gasteiger partial charge in [-0.2, -0.15) is 13.2 Å². The summed E-state index contributed by atoms with van der Waals surface area (Å²) in [5.41, 5.74) is 0.509. The largest absolute Gasteiger partial charge is 0.390 e. The Morgan fingerprint density at radius 2 is 1.67 bits per heavy atom. The highest BCUT2D eigenvalue weighted by molar-refractivity contribution is 7.80. The maximum atomic E-state index is 13.1. The zero-order valence-electron chi connectivity index (χ0n) is 17.8. The minimum Gasteiger partial charge on any atom is -0.372 e. The first-order valence-electron chi connectivity index (χ1n) is 10.4. The van der Waals surface area contributed by atoms with Crippen LogP contribution >= 0.6 is 12.2 Å². The van der Waals surface area contributed by atoms with Gasteiger partial charge in [-0.05, 0) is 23.6 Å². The Kier molecular flexibility index (Phi) is 7.38. The van der Waals surface area contributed by atoms with Crippen LogP contribution in [0.5, 0.6) is 0 Å². The van der Waals surface area contributed by atoms with Crippen molar-refractivity contribution in [3.63, 3.8) is 0 Å². The van der Waals surface area contributed by atoms with Gasteiger partial charge in [-0.1, -0.05) is 68.0 Å². The molecule has 176 valence electrons. The maximum Gasteiger partial charge on any atom is 0.390 e. The zero-order chi connectivity index (χ0) is 24.2. The van der Waals surface area contributed by atoms with Crippen LogP contribution in [-0.2, 0) is 9.59 Å². The number of hydrogen-bond donors (Lipinski definition) is 4. The molecular formula is C23H24F3N3O3S. The van der Waals surface area contributed by atoms with Gasteiger partial charge in [0.15, 0.2) is 0 Å². The molecule has 6 nitrogen and oxygen atoms in total. The Labute approximate surface area is 194 Å². The fourth-order valence-electron chi connectivity index (χ4n) is 3.72. The van der Waals surface area contributed by atoms with E-state index in [1.807, 2.05) is 41.7 Å². The summed E-state index contributed by atoms with van der Waals surface area (Å²) in [7, 11) is 0. The Hall–Kier alpha value is -2.98. The number of alkyl halides is 3. The molecule has 1 heterocycles. The number of fused-ring (bicyclic) bond motifs is 3. The van der Waals surface area contributed by atoms with Gasteiger partial charge in [0.05, 0.1) is 6.42 Å². The molecule has 0 saturated carbocycles. The Morgan fingerprint density at radius 3 is 2.33 bits per heavy atom. The minimum absolute atomic E-state index is 0.242. The molecule has 2 atom stereocenters. The average Bonchev–Trinajstić information content (AvgIpc) is 2.87. The van der Waals surface area contributed by atoms with E-state index in [1.165, 1.54) is 0 Å². The number of hydrogen-bond acceptors (Lipinski definition) is 4. The lowest BCUT2D eigenvalue weighted by molar-refractivity contribution is -0.156. The van der Waals surface area contributed by atoms with Crippen LogP contribution in [0.3, 0.4) is 0 Å². The lowest BCUT2D eigenvalue weighted by atomic mass is 9.92. The molecule has 2 aromatic carbocycles. The van der Waals surface area contributed by atoms with Gasteiger partial charge in [0, 0.05) is 17.8 Å². The summed E-state index contributed by atoms with van der Waals surface area (Å²) in [6.07, 6.45) is -5.78. The molecule has 0 radical (unpaired) electrons. The molecule has 0 aliphatic carbocycles. The van der Waals surface area contributed by atoms with Crippen LogP contribution in [0.1, 0.15) is 37.8 Å². The molecule has 2 amide bonds. The molecule has 2 aromatic rings. The van der Waals surface area contributed by atoms with E-state index in [2.05, 4.69) is 10.6 Å². The van der Waals surface area contributed by atoms with Crippen LogP contribution in [0.15, 0.2) is 48.5 Å². The van der Waals surface area contributed by atoms with E-state index in [9.17, 15) is 27.9 Å². The van der Waals surface area contributed by atoms with Gasteiger partial charge in [-0.15, -0.1) is 0 Å². The molecule has 0 spiro atoms. The van der Waals surface area contributed by atoms with Crippen LogP contribution in [0.2, 0.25) is 0 Å². The molecule has 0 bridgehead atoms. The van der Waals surface area contributed by atoms with Gasteiger partial charge in [0.25, 0.3) is 11.8 Å². The molecule has 0 fully saturated rings. The number of benzene rings is 2. The van der Waals surface area contributed by atoms with E-state index in [4.69, 9.17) is 12.2 Å². The Bertz CT molecular complexity index is 1060. The van der Waals surface area contributed by atoms with Crippen molar-refractivity contribution >= 4 is 34.7 Å². The van der Waals surface area contributed by atoms with Crippen LogP contribution < -0.4 is 16.0 Å². The zero-order valence-corrected chi connectivity index (χ0v) is 18.6. The van der Waals surface area contributed by atoms with Crippen molar-refractivity contribution in [2.24, 2.45) is 0 Å². The number of aliphatic hydroxyl groups is 1. The third-order valence-electron chi connectivity index (χ3n) is 5.34. The first-order chi connectivity index (χ1) is 15.6. The number of halogens is 3. The first kappa shape index (κ1) is 24.7. The van der Waals surface area contributed by atoms with E-state index in [0.29, 0.717) is 5.56 Å². The van der Waals surface area contributed by atoms with Crippen LogP contribution in [0.25, 0.3) is 11.1 Å². The molecule has 3 rings (SSSR count). The molecule has 10 heteroatoms. The number of anilines is 1. The predicted octanol–water partition coefficient (Wildman–Crippen LogP) is 3.86. The van der Waals surface area contributed by atoms with Gasteiger partial charge in [0.2, 0.25) is 5.60 Å². The van der Waals surface area contributed by atoms with Crippen LogP contribution in [0.4, 0.5) is 18.9 Å². The summed E-state index contributed by atoms with van der Waals surface area (Å²) in [6, 6.07) is 13.8. The van der Waals surface area contributed by atoms with Crippen molar-refractivity contribution in [3.05, 3.63) is 54.1 Å². The van der Waals surface area contributed by atoms with Crippen molar-refractivity contribution in [1.82, 2.24) is 10.6 Å². The Morgan fingerprint density at radius 1 is 1.03 bits per heavy atom. The second-order valence-electron chi connectivity index (χ2n) is 7.76. The smallest absolute Gasteiger partial charge is 0.372 e. The number of rotatable bonds is 7. The third kappa shape index (κ3) is 5.51. The molecule has 1 aliphatic rings. The second-order valence-corrected chi connectivity index (χ2v) is 8.20. The molecule has 0 saturated heterocycles. The fraction of sp³-hybridized carbons (Fsp3) is 0.348. The predicted molar refractivity (Wildman–Crippen MR) is 123 cm³/mol. The number of thiocarbonyl (C=S) groups is 1. The van der Waals surface area contributed by atoms with Crippen molar-refractivity contribution in [3.8, 4) is 11.1 Å². The van der Waals surface area contributed by atoms with Gasteiger partial charge in [0.1, 0.15) is 11.0 Å². The lowest BCUT2D eigenvalue weighted by Gasteiger charge is -2.29. The van der Waals surface area contributed by atoms with Crippen molar-refractivity contribution in [2.45, 2.75) is 44.0 Å². The average molecular weight is 480 g/mol. The van der Waals surface area contributed by atoms with E-state index >= 15 is 0 Å². The molecular weight excluding hydrogens is 455 g/mol. The van der Waals surface area contributed by atoms with Crippen molar-refractivity contribution < 1.29 is 27.9 Å². The van der Waals surface area contributed by atoms with E-state index < -0.39 is 42.6 Å². The highest BCUT2D eigenvalue weighted by Crippen LogP contribution is 2.37. The van der Waals surface area contributed by atoms with Gasteiger partial charge in [-0.3, -0.25) is 9.59 Å². The summed E-state index contributed by atoms with van der Waals surface area (Å²) >= 11 is 5.52.